The van der Waals surface area contributed by atoms with Crippen LogP contribution in [-0.2, 0) is 4.79 Å². The van der Waals surface area contributed by atoms with E-state index in [1.54, 1.807) is 6.07 Å². The molecular weight excluding hydrogens is 251 g/mol. The average molecular weight is 259 g/mol. The SMILES string of the molecule is O=C1CC(Oc2ccc(F)cc2Br)C1. The van der Waals surface area contributed by atoms with E-state index in [2.05, 4.69) is 15.9 Å². The number of ether oxygens (including phenoxy) is 1. The minimum atomic E-state index is -0.311. The van der Waals surface area contributed by atoms with Crippen LogP contribution in [-0.4, -0.2) is 11.9 Å². The number of carbonyl (C=O) groups excluding carboxylic acids is 1. The predicted octanol–water partition coefficient (Wildman–Crippen LogP) is 2.70. The summed E-state index contributed by atoms with van der Waals surface area (Å²) in [5.74, 6) is 0.492. The van der Waals surface area contributed by atoms with Gasteiger partial charge in [0.15, 0.2) is 0 Å². The van der Waals surface area contributed by atoms with Crippen LogP contribution in [0.1, 0.15) is 12.8 Å². The van der Waals surface area contributed by atoms with Crippen LogP contribution in [0.4, 0.5) is 4.39 Å². The molecule has 1 fully saturated rings. The molecule has 1 saturated carbocycles. The third-order valence-electron chi connectivity index (χ3n) is 2.10. The van der Waals surface area contributed by atoms with Crippen LogP contribution in [0.15, 0.2) is 22.7 Å². The van der Waals surface area contributed by atoms with Gasteiger partial charge in [0, 0.05) is 12.8 Å². The second kappa shape index (κ2) is 3.69. The Morgan fingerprint density at radius 2 is 2.14 bits per heavy atom. The first-order chi connectivity index (χ1) is 6.65. The van der Waals surface area contributed by atoms with Gasteiger partial charge in [0.1, 0.15) is 23.5 Å². The second-order valence-corrected chi connectivity index (χ2v) is 4.12. The Kier molecular flexibility index (Phi) is 2.54. The summed E-state index contributed by atoms with van der Waals surface area (Å²) in [7, 11) is 0. The number of carbonyl (C=O) groups is 1. The zero-order chi connectivity index (χ0) is 10.1. The van der Waals surface area contributed by atoms with E-state index < -0.39 is 0 Å². The average Bonchev–Trinajstić information content (AvgIpc) is 2.06. The maximum Gasteiger partial charge on any atom is 0.140 e. The van der Waals surface area contributed by atoms with Crippen LogP contribution in [0.25, 0.3) is 0 Å². The van der Waals surface area contributed by atoms with Crippen molar-refractivity contribution in [3.05, 3.63) is 28.5 Å². The largest absolute Gasteiger partial charge is 0.488 e. The molecule has 0 aliphatic heterocycles. The van der Waals surface area contributed by atoms with Crippen molar-refractivity contribution in [1.29, 1.82) is 0 Å². The van der Waals surface area contributed by atoms with Gasteiger partial charge in [-0.25, -0.2) is 4.39 Å². The standard InChI is InChI=1S/C10H8BrFO2/c11-9-3-6(12)1-2-10(9)14-8-4-7(13)5-8/h1-3,8H,4-5H2. The zero-order valence-corrected chi connectivity index (χ0v) is 8.88. The minimum absolute atomic E-state index is 0.0377. The summed E-state index contributed by atoms with van der Waals surface area (Å²) in [6, 6.07) is 4.23. The Bertz CT molecular complexity index is 370. The molecule has 0 saturated heterocycles. The number of hydrogen-bond donors (Lipinski definition) is 0. The van der Waals surface area contributed by atoms with Gasteiger partial charge in [-0.3, -0.25) is 4.79 Å². The zero-order valence-electron chi connectivity index (χ0n) is 7.30. The number of ketones is 1. The molecule has 0 aromatic heterocycles. The van der Waals surface area contributed by atoms with E-state index in [0.29, 0.717) is 23.1 Å². The van der Waals surface area contributed by atoms with Crippen LogP contribution < -0.4 is 4.74 Å². The van der Waals surface area contributed by atoms with Crippen molar-refractivity contribution in [2.45, 2.75) is 18.9 Å². The molecule has 2 nitrogen and oxygen atoms in total. The van der Waals surface area contributed by atoms with E-state index in [-0.39, 0.29) is 17.7 Å². The van der Waals surface area contributed by atoms with Crippen LogP contribution in [0.2, 0.25) is 0 Å². The van der Waals surface area contributed by atoms with Crippen LogP contribution in [0.3, 0.4) is 0 Å². The predicted molar refractivity (Wildman–Crippen MR) is 52.8 cm³/mol. The maximum absolute atomic E-state index is 12.7. The molecule has 0 unspecified atom stereocenters. The first-order valence-electron chi connectivity index (χ1n) is 4.28. The van der Waals surface area contributed by atoms with Crippen LogP contribution >= 0.6 is 15.9 Å². The molecule has 0 amide bonds. The van der Waals surface area contributed by atoms with Gasteiger partial charge < -0.3 is 4.74 Å². The second-order valence-electron chi connectivity index (χ2n) is 3.26. The summed E-state index contributed by atoms with van der Waals surface area (Å²) in [6.45, 7) is 0. The number of rotatable bonds is 2. The van der Waals surface area contributed by atoms with Gasteiger partial charge in [-0.15, -0.1) is 0 Å². The molecule has 4 heteroatoms. The number of halogens is 2. The summed E-state index contributed by atoms with van der Waals surface area (Å²) in [6.07, 6.45) is 0.887. The number of Topliss-reactive ketones (excluding diaryl/α,β-unsaturated/α-hetero) is 1. The lowest BCUT2D eigenvalue weighted by Gasteiger charge is -2.25. The monoisotopic (exact) mass is 258 g/mol. The van der Waals surface area contributed by atoms with Gasteiger partial charge in [-0.2, -0.15) is 0 Å². The van der Waals surface area contributed by atoms with Gasteiger partial charge in [0.25, 0.3) is 0 Å². The molecule has 1 aliphatic carbocycles. The van der Waals surface area contributed by atoms with E-state index in [9.17, 15) is 9.18 Å². The molecule has 74 valence electrons. The molecule has 1 aromatic rings. The van der Waals surface area contributed by atoms with E-state index in [0.717, 1.165) is 0 Å². The van der Waals surface area contributed by atoms with Gasteiger partial charge in [0.05, 0.1) is 4.47 Å². The normalized spacial score (nSPS) is 16.6. The van der Waals surface area contributed by atoms with Gasteiger partial charge in [-0.05, 0) is 34.1 Å². The van der Waals surface area contributed by atoms with Gasteiger partial charge in [-0.1, -0.05) is 0 Å². The highest BCUT2D eigenvalue weighted by Crippen LogP contribution is 2.29. The summed E-state index contributed by atoms with van der Waals surface area (Å²) < 4.78 is 18.8. The van der Waals surface area contributed by atoms with E-state index in [1.165, 1.54) is 12.1 Å². The lowest BCUT2D eigenvalue weighted by atomic mass is 9.94. The lowest BCUT2D eigenvalue weighted by molar-refractivity contribution is -0.129. The summed E-state index contributed by atoms with van der Waals surface area (Å²) in [5, 5.41) is 0. The molecule has 0 N–H and O–H groups in total. The van der Waals surface area contributed by atoms with E-state index in [1.807, 2.05) is 0 Å². The maximum atomic E-state index is 12.7. The van der Waals surface area contributed by atoms with Gasteiger partial charge >= 0.3 is 0 Å². The summed E-state index contributed by atoms with van der Waals surface area (Å²) >= 11 is 3.19. The third kappa shape index (κ3) is 1.95. The fourth-order valence-electron chi connectivity index (χ4n) is 1.28. The van der Waals surface area contributed by atoms with E-state index in [4.69, 9.17) is 4.74 Å². The van der Waals surface area contributed by atoms with Crippen LogP contribution in [0.5, 0.6) is 5.75 Å². The Morgan fingerprint density at radius 3 is 2.71 bits per heavy atom. The molecule has 1 aliphatic rings. The summed E-state index contributed by atoms with van der Waals surface area (Å²) in [5.41, 5.74) is 0. The molecule has 0 atom stereocenters. The lowest BCUT2D eigenvalue weighted by Crippen LogP contribution is -2.33. The fraction of sp³-hybridized carbons (Fsp3) is 0.300. The topological polar surface area (TPSA) is 26.3 Å². The Balaban J connectivity index is 2.06. The first-order valence-corrected chi connectivity index (χ1v) is 5.08. The van der Waals surface area contributed by atoms with Crippen molar-refractivity contribution >= 4 is 21.7 Å². The highest BCUT2D eigenvalue weighted by atomic mass is 79.9. The van der Waals surface area contributed by atoms with Crippen molar-refractivity contribution in [3.8, 4) is 5.75 Å². The van der Waals surface area contributed by atoms with Crippen molar-refractivity contribution in [3.63, 3.8) is 0 Å². The molecule has 2 rings (SSSR count). The van der Waals surface area contributed by atoms with Crippen molar-refractivity contribution in [2.75, 3.05) is 0 Å². The Labute approximate surface area is 89.2 Å². The Morgan fingerprint density at radius 1 is 1.43 bits per heavy atom. The molecule has 1 aromatic carbocycles. The van der Waals surface area contributed by atoms with Crippen molar-refractivity contribution in [1.82, 2.24) is 0 Å². The summed E-state index contributed by atoms with van der Waals surface area (Å²) in [4.78, 5) is 10.7. The molecule has 0 radical (unpaired) electrons. The highest BCUT2D eigenvalue weighted by Gasteiger charge is 2.28. The fourth-order valence-corrected chi connectivity index (χ4v) is 1.73. The molecule has 0 heterocycles. The minimum Gasteiger partial charge on any atom is -0.488 e. The van der Waals surface area contributed by atoms with Crippen molar-refractivity contribution < 1.29 is 13.9 Å². The van der Waals surface area contributed by atoms with Gasteiger partial charge in [0.2, 0.25) is 0 Å². The quantitative estimate of drug-likeness (QED) is 0.816. The van der Waals surface area contributed by atoms with Crippen molar-refractivity contribution in [2.24, 2.45) is 0 Å². The molecule has 0 spiro atoms. The molecular formula is C10H8BrFO2. The Hall–Kier alpha value is -0.900. The van der Waals surface area contributed by atoms with E-state index >= 15 is 0 Å². The smallest absolute Gasteiger partial charge is 0.140 e. The number of benzene rings is 1. The third-order valence-corrected chi connectivity index (χ3v) is 2.72. The first kappa shape index (κ1) is 9.65. The highest BCUT2D eigenvalue weighted by molar-refractivity contribution is 9.10. The molecule has 0 bridgehead atoms. The molecule has 14 heavy (non-hydrogen) atoms. The van der Waals surface area contributed by atoms with Crippen LogP contribution in [0, 0.1) is 5.82 Å². The number of hydrogen-bond acceptors (Lipinski definition) is 2.